The first kappa shape index (κ1) is 14.3. The van der Waals surface area contributed by atoms with Gasteiger partial charge in [-0.15, -0.1) is 12.4 Å². The first-order valence-electron chi connectivity index (χ1n) is 5.30. The number of ether oxygens (including phenoxy) is 1. The first-order valence-corrected chi connectivity index (χ1v) is 5.68. The highest BCUT2D eigenvalue weighted by molar-refractivity contribution is 6.31. The molecule has 0 bridgehead atoms. The minimum Gasteiger partial charge on any atom is -0.468 e. The van der Waals surface area contributed by atoms with Gasteiger partial charge >= 0.3 is 5.97 Å². The van der Waals surface area contributed by atoms with Crippen molar-refractivity contribution in [3.63, 3.8) is 0 Å². The van der Waals surface area contributed by atoms with Crippen molar-refractivity contribution in [2.75, 3.05) is 7.11 Å². The van der Waals surface area contributed by atoms with E-state index in [0.717, 1.165) is 23.4 Å². The fourth-order valence-electron chi connectivity index (χ4n) is 2.07. The van der Waals surface area contributed by atoms with Gasteiger partial charge in [-0.1, -0.05) is 29.8 Å². The Morgan fingerprint density at radius 2 is 2.12 bits per heavy atom. The van der Waals surface area contributed by atoms with Crippen LogP contribution in [0.1, 0.15) is 24.4 Å². The Bertz CT molecular complexity index is 398. The molecule has 0 radical (unpaired) electrons. The third kappa shape index (κ3) is 3.12. The van der Waals surface area contributed by atoms with Crippen LogP contribution in [0.15, 0.2) is 24.3 Å². The molecule has 1 aliphatic heterocycles. The van der Waals surface area contributed by atoms with Crippen LogP contribution in [0.2, 0.25) is 5.02 Å². The van der Waals surface area contributed by atoms with Crippen molar-refractivity contribution in [1.29, 1.82) is 0 Å². The van der Waals surface area contributed by atoms with Gasteiger partial charge in [-0.25, -0.2) is 0 Å². The summed E-state index contributed by atoms with van der Waals surface area (Å²) in [5, 5.41) is 3.98. The number of esters is 1. The van der Waals surface area contributed by atoms with E-state index in [2.05, 4.69) is 5.32 Å². The molecule has 1 aliphatic rings. The standard InChI is InChI=1S/C12H14ClNO2.ClH/c1-16-12(15)11-7-6-10(14-11)8-4-2-3-5-9(8)13;/h2-5,10-11,14H,6-7H2,1H3;1H/t10-,11+;/m1./s1. The highest BCUT2D eigenvalue weighted by Gasteiger charge is 2.31. The third-order valence-electron chi connectivity index (χ3n) is 2.91. The summed E-state index contributed by atoms with van der Waals surface area (Å²) >= 11 is 6.11. The molecule has 0 spiro atoms. The molecule has 5 heteroatoms. The lowest BCUT2D eigenvalue weighted by Crippen LogP contribution is -2.33. The van der Waals surface area contributed by atoms with E-state index in [0.29, 0.717) is 0 Å². The Hall–Kier alpha value is -0.770. The van der Waals surface area contributed by atoms with E-state index in [1.165, 1.54) is 7.11 Å². The lowest BCUT2D eigenvalue weighted by molar-refractivity contribution is -0.142. The van der Waals surface area contributed by atoms with Crippen molar-refractivity contribution in [3.8, 4) is 0 Å². The number of benzene rings is 1. The molecule has 94 valence electrons. The molecule has 0 amide bonds. The van der Waals surface area contributed by atoms with Crippen molar-refractivity contribution in [3.05, 3.63) is 34.9 Å². The molecule has 1 saturated heterocycles. The Balaban J connectivity index is 0.00000144. The summed E-state index contributed by atoms with van der Waals surface area (Å²) < 4.78 is 4.71. The fourth-order valence-corrected chi connectivity index (χ4v) is 2.34. The number of methoxy groups -OCH3 is 1. The highest BCUT2D eigenvalue weighted by Crippen LogP contribution is 2.31. The molecular formula is C12H15Cl2NO2. The number of nitrogens with one attached hydrogen (secondary N) is 1. The molecule has 1 heterocycles. The van der Waals surface area contributed by atoms with Crippen LogP contribution in [0.25, 0.3) is 0 Å². The Labute approximate surface area is 112 Å². The molecular weight excluding hydrogens is 261 g/mol. The molecule has 0 aromatic heterocycles. The van der Waals surface area contributed by atoms with Gasteiger partial charge in [0.05, 0.1) is 7.11 Å². The minimum absolute atomic E-state index is 0. The molecule has 1 aromatic carbocycles. The summed E-state index contributed by atoms with van der Waals surface area (Å²) in [5.74, 6) is -0.199. The molecule has 0 aliphatic carbocycles. The summed E-state index contributed by atoms with van der Waals surface area (Å²) in [4.78, 5) is 11.4. The molecule has 1 fully saturated rings. The van der Waals surface area contributed by atoms with Crippen molar-refractivity contribution in [1.82, 2.24) is 5.32 Å². The van der Waals surface area contributed by atoms with Gasteiger partial charge in [0.2, 0.25) is 0 Å². The van der Waals surface area contributed by atoms with Crippen molar-refractivity contribution < 1.29 is 9.53 Å². The summed E-state index contributed by atoms with van der Waals surface area (Å²) in [6.45, 7) is 0. The zero-order chi connectivity index (χ0) is 11.5. The van der Waals surface area contributed by atoms with E-state index in [-0.39, 0.29) is 30.5 Å². The highest BCUT2D eigenvalue weighted by atomic mass is 35.5. The predicted octanol–water partition coefficient (Wildman–Crippen LogP) is 2.73. The van der Waals surface area contributed by atoms with Gasteiger partial charge < -0.3 is 4.74 Å². The van der Waals surface area contributed by atoms with Gasteiger partial charge in [0.25, 0.3) is 0 Å². The maximum absolute atomic E-state index is 11.4. The van der Waals surface area contributed by atoms with Crippen LogP contribution in [-0.2, 0) is 9.53 Å². The average Bonchev–Trinajstić information content (AvgIpc) is 2.78. The summed E-state index contributed by atoms with van der Waals surface area (Å²) in [7, 11) is 1.41. The monoisotopic (exact) mass is 275 g/mol. The zero-order valence-electron chi connectivity index (χ0n) is 9.48. The third-order valence-corrected chi connectivity index (χ3v) is 3.26. The van der Waals surface area contributed by atoms with Crippen LogP contribution >= 0.6 is 24.0 Å². The summed E-state index contributed by atoms with van der Waals surface area (Å²) in [5.41, 5.74) is 1.05. The quantitative estimate of drug-likeness (QED) is 0.844. The van der Waals surface area contributed by atoms with Crippen LogP contribution < -0.4 is 5.32 Å². The van der Waals surface area contributed by atoms with Crippen LogP contribution in [0.5, 0.6) is 0 Å². The molecule has 0 unspecified atom stereocenters. The van der Waals surface area contributed by atoms with E-state index >= 15 is 0 Å². The van der Waals surface area contributed by atoms with Gasteiger partial charge in [-0.2, -0.15) is 0 Å². The Morgan fingerprint density at radius 1 is 1.41 bits per heavy atom. The lowest BCUT2D eigenvalue weighted by Gasteiger charge is -2.14. The second-order valence-corrected chi connectivity index (χ2v) is 4.30. The van der Waals surface area contributed by atoms with Crippen LogP contribution in [0, 0.1) is 0 Å². The van der Waals surface area contributed by atoms with Gasteiger partial charge in [0.1, 0.15) is 6.04 Å². The molecule has 0 saturated carbocycles. The van der Waals surface area contributed by atoms with Gasteiger partial charge in [-0.3, -0.25) is 10.1 Å². The topological polar surface area (TPSA) is 38.3 Å². The summed E-state index contributed by atoms with van der Waals surface area (Å²) in [6, 6.07) is 7.65. The molecule has 3 nitrogen and oxygen atoms in total. The van der Waals surface area contributed by atoms with E-state index in [9.17, 15) is 4.79 Å². The summed E-state index contributed by atoms with van der Waals surface area (Å²) in [6.07, 6.45) is 1.70. The normalized spacial score (nSPS) is 22.9. The number of halogens is 2. The first-order chi connectivity index (χ1) is 7.72. The van der Waals surface area contributed by atoms with Crippen LogP contribution in [0.3, 0.4) is 0 Å². The van der Waals surface area contributed by atoms with E-state index in [4.69, 9.17) is 16.3 Å². The maximum atomic E-state index is 11.4. The maximum Gasteiger partial charge on any atom is 0.322 e. The fraction of sp³-hybridized carbons (Fsp3) is 0.417. The molecule has 2 atom stereocenters. The zero-order valence-corrected chi connectivity index (χ0v) is 11.1. The van der Waals surface area contributed by atoms with Gasteiger partial charge in [0, 0.05) is 11.1 Å². The number of rotatable bonds is 2. The average molecular weight is 276 g/mol. The molecule has 1 N–H and O–H groups in total. The number of carbonyl (C=O) groups excluding carboxylic acids is 1. The predicted molar refractivity (Wildman–Crippen MR) is 69.6 cm³/mol. The van der Waals surface area contributed by atoms with Crippen molar-refractivity contribution in [2.45, 2.75) is 24.9 Å². The Kier molecular flexibility index (Phi) is 5.25. The van der Waals surface area contributed by atoms with Crippen molar-refractivity contribution in [2.24, 2.45) is 0 Å². The second kappa shape index (κ2) is 6.24. The molecule has 1 aromatic rings. The number of hydrogen-bond acceptors (Lipinski definition) is 3. The Morgan fingerprint density at radius 3 is 2.76 bits per heavy atom. The number of carbonyl (C=O) groups is 1. The van der Waals surface area contributed by atoms with Crippen molar-refractivity contribution >= 4 is 30.0 Å². The van der Waals surface area contributed by atoms with E-state index in [1.807, 2.05) is 24.3 Å². The van der Waals surface area contributed by atoms with Gasteiger partial charge in [0.15, 0.2) is 0 Å². The van der Waals surface area contributed by atoms with Crippen LogP contribution in [0.4, 0.5) is 0 Å². The number of hydrogen-bond donors (Lipinski definition) is 1. The van der Waals surface area contributed by atoms with Crippen LogP contribution in [-0.4, -0.2) is 19.1 Å². The smallest absolute Gasteiger partial charge is 0.322 e. The van der Waals surface area contributed by atoms with E-state index < -0.39 is 0 Å². The van der Waals surface area contributed by atoms with E-state index in [1.54, 1.807) is 0 Å². The lowest BCUT2D eigenvalue weighted by atomic mass is 10.1. The molecule has 2 rings (SSSR count). The second-order valence-electron chi connectivity index (χ2n) is 3.89. The molecule has 17 heavy (non-hydrogen) atoms. The SMILES string of the molecule is COC(=O)[C@@H]1CC[C@H](c2ccccc2Cl)N1.Cl. The minimum atomic E-state index is -0.203. The largest absolute Gasteiger partial charge is 0.468 e. The van der Waals surface area contributed by atoms with Gasteiger partial charge in [-0.05, 0) is 24.5 Å².